The number of hydrogen-bond donors (Lipinski definition) is 2. The van der Waals surface area contributed by atoms with E-state index in [1.54, 1.807) is 18.2 Å². The second kappa shape index (κ2) is 10.7. The van der Waals surface area contributed by atoms with Crippen molar-refractivity contribution < 1.29 is 9.90 Å². The molecule has 0 aliphatic carbocycles. The molecular weight excluding hydrogens is 434 g/mol. The number of carbonyl (C=O) groups is 1. The van der Waals surface area contributed by atoms with E-state index >= 15 is 0 Å². The fourth-order valence-corrected chi connectivity index (χ4v) is 3.65. The Morgan fingerprint density at radius 1 is 0.771 bits per heavy atom. The van der Waals surface area contributed by atoms with Crippen molar-refractivity contribution in [1.29, 1.82) is 5.26 Å². The Bertz CT molecular complexity index is 1380. The molecule has 0 bridgehead atoms. The summed E-state index contributed by atoms with van der Waals surface area (Å²) in [5, 5.41) is 18.0. The number of anilines is 4. The molecule has 4 rings (SSSR count). The first-order valence-electron chi connectivity index (χ1n) is 11.0. The van der Waals surface area contributed by atoms with E-state index in [-0.39, 0.29) is 5.57 Å². The third kappa shape index (κ3) is 5.65. The van der Waals surface area contributed by atoms with Crippen LogP contribution in [0.1, 0.15) is 16.7 Å². The Hall–Kier alpha value is -5.08. The third-order valence-electron chi connectivity index (χ3n) is 5.41. The van der Waals surface area contributed by atoms with Gasteiger partial charge in [-0.3, -0.25) is 0 Å². The van der Waals surface area contributed by atoms with Gasteiger partial charge in [0.25, 0.3) is 0 Å². The number of rotatable bonds is 7. The molecule has 170 valence electrons. The summed E-state index contributed by atoms with van der Waals surface area (Å²) in [6, 6.07) is 35.7. The standard InChI is InChI=1S/C30H23N3O2/c31-21-25(30(34)35)20-24-16-13-23(19-29(24)32)12-11-22-14-17-28(18-15-22)33(26-7-3-1-4-8-26)27-9-5-2-6-10-27/h1-20H,32H2,(H,34,35)/b12-11+,25-20+. The molecule has 0 heterocycles. The molecule has 35 heavy (non-hydrogen) atoms. The van der Waals surface area contributed by atoms with E-state index in [4.69, 9.17) is 16.1 Å². The van der Waals surface area contributed by atoms with Crippen LogP contribution in [-0.4, -0.2) is 11.1 Å². The molecule has 4 aromatic rings. The SMILES string of the molecule is N#C/C(=C\c1ccc(/C=C/c2ccc(N(c3ccccc3)c3ccccc3)cc2)cc1N)C(=O)O. The monoisotopic (exact) mass is 457 g/mol. The predicted octanol–water partition coefficient (Wildman–Crippen LogP) is 6.90. The smallest absolute Gasteiger partial charge is 0.346 e. The Balaban J connectivity index is 1.56. The van der Waals surface area contributed by atoms with Gasteiger partial charge in [0.05, 0.1) is 0 Å². The lowest BCUT2D eigenvalue weighted by Gasteiger charge is -2.25. The van der Waals surface area contributed by atoms with E-state index in [1.165, 1.54) is 6.08 Å². The molecule has 0 aliphatic rings. The van der Waals surface area contributed by atoms with Crippen LogP contribution in [0.4, 0.5) is 22.7 Å². The molecule has 0 saturated heterocycles. The maximum absolute atomic E-state index is 11.1. The van der Waals surface area contributed by atoms with Crippen molar-refractivity contribution in [1.82, 2.24) is 0 Å². The highest BCUT2D eigenvalue weighted by Crippen LogP contribution is 2.34. The number of nitrogen functional groups attached to an aromatic ring is 1. The minimum absolute atomic E-state index is 0.361. The van der Waals surface area contributed by atoms with E-state index in [0.29, 0.717) is 11.3 Å². The number of nitrogens with two attached hydrogens (primary N) is 1. The van der Waals surface area contributed by atoms with Gasteiger partial charge in [0.2, 0.25) is 0 Å². The van der Waals surface area contributed by atoms with Crippen LogP contribution in [-0.2, 0) is 4.79 Å². The van der Waals surface area contributed by atoms with Crippen molar-refractivity contribution in [3.8, 4) is 6.07 Å². The van der Waals surface area contributed by atoms with Crippen molar-refractivity contribution >= 4 is 46.9 Å². The third-order valence-corrected chi connectivity index (χ3v) is 5.41. The first-order chi connectivity index (χ1) is 17.0. The summed E-state index contributed by atoms with van der Waals surface area (Å²) in [5.41, 5.74) is 11.7. The van der Waals surface area contributed by atoms with Crippen LogP contribution in [0.25, 0.3) is 18.2 Å². The van der Waals surface area contributed by atoms with Crippen LogP contribution in [0, 0.1) is 11.3 Å². The summed E-state index contributed by atoms with van der Waals surface area (Å²) in [4.78, 5) is 13.3. The summed E-state index contributed by atoms with van der Waals surface area (Å²) in [5.74, 6) is -1.28. The molecule has 5 heteroatoms. The average Bonchev–Trinajstić information content (AvgIpc) is 2.89. The second-order valence-electron chi connectivity index (χ2n) is 7.79. The number of para-hydroxylation sites is 2. The van der Waals surface area contributed by atoms with Crippen LogP contribution >= 0.6 is 0 Å². The molecule has 0 aliphatic heterocycles. The summed E-state index contributed by atoms with van der Waals surface area (Å²) in [7, 11) is 0. The Morgan fingerprint density at radius 3 is 1.80 bits per heavy atom. The summed E-state index contributed by atoms with van der Waals surface area (Å²) >= 11 is 0. The number of aliphatic carboxylic acids is 1. The number of hydrogen-bond acceptors (Lipinski definition) is 4. The number of carboxylic acid groups (broad SMARTS) is 1. The Morgan fingerprint density at radius 2 is 1.29 bits per heavy atom. The molecular formula is C30H23N3O2. The molecule has 0 atom stereocenters. The van der Waals surface area contributed by atoms with Crippen molar-refractivity contribution in [2.45, 2.75) is 0 Å². The second-order valence-corrected chi connectivity index (χ2v) is 7.79. The molecule has 0 spiro atoms. The van der Waals surface area contributed by atoms with Gasteiger partial charge in [-0.25, -0.2) is 4.79 Å². The average molecular weight is 458 g/mol. The lowest BCUT2D eigenvalue weighted by atomic mass is 10.1. The summed E-state index contributed by atoms with van der Waals surface area (Å²) in [6.45, 7) is 0. The van der Waals surface area contributed by atoms with E-state index < -0.39 is 5.97 Å². The topological polar surface area (TPSA) is 90.4 Å². The Labute approximate surface area is 204 Å². The number of carboxylic acids is 1. The van der Waals surface area contributed by atoms with Crippen molar-refractivity contribution in [3.05, 3.63) is 125 Å². The van der Waals surface area contributed by atoms with E-state index in [0.717, 1.165) is 28.2 Å². The molecule has 4 aromatic carbocycles. The zero-order chi connectivity index (χ0) is 24.6. The van der Waals surface area contributed by atoms with Crippen molar-refractivity contribution in [2.75, 3.05) is 10.6 Å². The lowest BCUT2D eigenvalue weighted by Crippen LogP contribution is -2.09. The van der Waals surface area contributed by atoms with Crippen molar-refractivity contribution in [3.63, 3.8) is 0 Å². The molecule has 0 fully saturated rings. The molecule has 0 radical (unpaired) electrons. The highest BCUT2D eigenvalue weighted by Gasteiger charge is 2.11. The van der Waals surface area contributed by atoms with Crippen LogP contribution < -0.4 is 10.6 Å². The first-order valence-corrected chi connectivity index (χ1v) is 11.0. The van der Waals surface area contributed by atoms with Gasteiger partial charge < -0.3 is 15.7 Å². The highest BCUT2D eigenvalue weighted by molar-refractivity contribution is 5.97. The lowest BCUT2D eigenvalue weighted by molar-refractivity contribution is -0.132. The van der Waals surface area contributed by atoms with Gasteiger partial charge in [0, 0.05) is 22.7 Å². The largest absolute Gasteiger partial charge is 0.477 e. The fraction of sp³-hybridized carbons (Fsp3) is 0. The summed E-state index contributed by atoms with van der Waals surface area (Å²) in [6.07, 6.45) is 5.20. The maximum atomic E-state index is 11.1. The van der Waals surface area contributed by atoms with Gasteiger partial charge in [0.15, 0.2) is 0 Å². The predicted molar refractivity (Wildman–Crippen MR) is 142 cm³/mol. The maximum Gasteiger partial charge on any atom is 0.346 e. The fourth-order valence-electron chi connectivity index (χ4n) is 3.65. The molecule has 0 aromatic heterocycles. The van der Waals surface area contributed by atoms with Crippen LogP contribution in [0.3, 0.4) is 0 Å². The van der Waals surface area contributed by atoms with Crippen LogP contribution in [0.2, 0.25) is 0 Å². The summed E-state index contributed by atoms with van der Waals surface area (Å²) < 4.78 is 0. The minimum atomic E-state index is -1.28. The molecule has 5 nitrogen and oxygen atoms in total. The van der Waals surface area contributed by atoms with Gasteiger partial charge in [-0.15, -0.1) is 0 Å². The molecule has 0 amide bonds. The molecule has 3 N–H and O–H groups in total. The van der Waals surface area contributed by atoms with Gasteiger partial charge in [-0.1, -0.05) is 72.8 Å². The van der Waals surface area contributed by atoms with E-state index in [2.05, 4.69) is 53.4 Å². The number of nitrogens with zero attached hydrogens (tertiary/aromatic N) is 2. The van der Waals surface area contributed by atoms with Gasteiger partial charge >= 0.3 is 5.97 Å². The van der Waals surface area contributed by atoms with E-state index in [9.17, 15) is 4.79 Å². The van der Waals surface area contributed by atoms with E-state index in [1.807, 2.05) is 54.6 Å². The zero-order valence-electron chi connectivity index (χ0n) is 18.9. The van der Waals surface area contributed by atoms with Crippen LogP contribution in [0.5, 0.6) is 0 Å². The minimum Gasteiger partial charge on any atom is -0.477 e. The van der Waals surface area contributed by atoms with Crippen molar-refractivity contribution in [2.24, 2.45) is 0 Å². The normalized spacial score (nSPS) is 11.2. The molecule has 0 unspecified atom stereocenters. The zero-order valence-corrected chi connectivity index (χ0v) is 18.9. The van der Waals surface area contributed by atoms with Gasteiger partial charge in [-0.05, 0) is 65.2 Å². The number of benzene rings is 4. The van der Waals surface area contributed by atoms with Crippen LogP contribution in [0.15, 0.2) is 109 Å². The van der Waals surface area contributed by atoms with Gasteiger partial charge in [0.1, 0.15) is 11.6 Å². The Kier molecular flexibility index (Phi) is 7.05. The first kappa shape index (κ1) is 23.1. The van der Waals surface area contributed by atoms with Gasteiger partial charge in [-0.2, -0.15) is 5.26 Å². The quantitative estimate of drug-likeness (QED) is 0.136. The highest BCUT2D eigenvalue weighted by atomic mass is 16.4. The molecule has 0 saturated carbocycles. The number of nitriles is 1.